The highest BCUT2D eigenvalue weighted by Crippen LogP contribution is 2.13. The SMILES string of the molecule is CCCCCCOCCOc1ccc(C=CC(=O)O)cc1. The Morgan fingerprint density at radius 2 is 1.86 bits per heavy atom. The minimum absolute atomic E-state index is 0.526. The predicted octanol–water partition coefficient (Wildman–Crippen LogP) is 3.76. The molecule has 0 aliphatic carbocycles. The number of carbonyl (C=O) groups is 1. The van der Waals surface area contributed by atoms with Gasteiger partial charge < -0.3 is 14.6 Å². The van der Waals surface area contributed by atoms with Crippen molar-refractivity contribution in [2.75, 3.05) is 19.8 Å². The molecular weight excluding hydrogens is 268 g/mol. The Labute approximate surface area is 126 Å². The van der Waals surface area contributed by atoms with E-state index in [1.165, 1.54) is 19.3 Å². The van der Waals surface area contributed by atoms with Gasteiger partial charge in [-0.25, -0.2) is 4.79 Å². The van der Waals surface area contributed by atoms with Crippen LogP contribution in [-0.4, -0.2) is 30.9 Å². The predicted molar refractivity (Wildman–Crippen MR) is 83.6 cm³/mol. The van der Waals surface area contributed by atoms with Gasteiger partial charge in [0.05, 0.1) is 6.61 Å². The maximum Gasteiger partial charge on any atom is 0.328 e. The van der Waals surface area contributed by atoms with Gasteiger partial charge in [0, 0.05) is 12.7 Å². The Morgan fingerprint density at radius 3 is 2.52 bits per heavy atom. The van der Waals surface area contributed by atoms with Gasteiger partial charge in [0.25, 0.3) is 0 Å². The Morgan fingerprint density at radius 1 is 1.10 bits per heavy atom. The van der Waals surface area contributed by atoms with E-state index in [0.717, 1.165) is 30.4 Å². The number of rotatable bonds is 11. The van der Waals surface area contributed by atoms with Crippen LogP contribution in [-0.2, 0) is 9.53 Å². The molecule has 0 unspecified atom stereocenters. The van der Waals surface area contributed by atoms with Crippen molar-refractivity contribution in [3.8, 4) is 5.75 Å². The molecule has 0 radical (unpaired) electrons. The lowest BCUT2D eigenvalue weighted by atomic mass is 10.2. The zero-order chi connectivity index (χ0) is 15.3. The van der Waals surface area contributed by atoms with Crippen molar-refractivity contribution in [3.05, 3.63) is 35.9 Å². The third kappa shape index (κ3) is 8.87. The molecule has 0 spiro atoms. The first-order chi connectivity index (χ1) is 10.2. The maximum absolute atomic E-state index is 10.4. The molecule has 0 saturated carbocycles. The molecule has 0 bridgehead atoms. The van der Waals surface area contributed by atoms with E-state index in [2.05, 4.69) is 6.92 Å². The lowest BCUT2D eigenvalue weighted by Gasteiger charge is -2.07. The van der Waals surface area contributed by atoms with Crippen molar-refractivity contribution in [2.45, 2.75) is 32.6 Å². The molecule has 0 atom stereocenters. The summed E-state index contributed by atoms with van der Waals surface area (Å²) >= 11 is 0. The monoisotopic (exact) mass is 292 g/mol. The normalized spacial score (nSPS) is 10.9. The molecule has 1 rings (SSSR count). The second-order valence-corrected chi connectivity index (χ2v) is 4.76. The lowest BCUT2D eigenvalue weighted by Crippen LogP contribution is -2.07. The lowest BCUT2D eigenvalue weighted by molar-refractivity contribution is -0.131. The molecule has 1 aromatic carbocycles. The highest BCUT2D eigenvalue weighted by atomic mass is 16.5. The van der Waals surface area contributed by atoms with Crippen LogP contribution in [0.4, 0.5) is 0 Å². The van der Waals surface area contributed by atoms with E-state index >= 15 is 0 Å². The highest BCUT2D eigenvalue weighted by Gasteiger charge is 1.95. The molecule has 116 valence electrons. The van der Waals surface area contributed by atoms with Crippen LogP contribution in [0.1, 0.15) is 38.2 Å². The van der Waals surface area contributed by atoms with Crippen molar-refractivity contribution < 1.29 is 19.4 Å². The summed E-state index contributed by atoms with van der Waals surface area (Å²) in [4.78, 5) is 10.4. The Kier molecular flexibility index (Phi) is 8.96. The first-order valence-electron chi connectivity index (χ1n) is 7.44. The Hall–Kier alpha value is -1.81. The van der Waals surface area contributed by atoms with Gasteiger partial charge >= 0.3 is 5.97 Å². The van der Waals surface area contributed by atoms with Crippen molar-refractivity contribution >= 4 is 12.0 Å². The standard InChI is InChI=1S/C17H24O4/c1-2-3-4-5-12-20-13-14-21-16-9-6-15(7-10-16)8-11-17(18)19/h6-11H,2-5,12-14H2,1H3,(H,18,19). The van der Waals surface area contributed by atoms with Crippen molar-refractivity contribution in [1.82, 2.24) is 0 Å². The molecule has 0 amide bonds. The fourth-order valence-corrected chi connectivity index (χ4v) is 1.79. The van der Waals surface area contributed by atoms with E-state index in [-0.39, 0.29) is 0 Å². The third-order valence-corrected chi connectivity index (χ3v) is 2.94. The first-order valence-corrected chi connectivity index (χ1v) is 7.44. The van der Waals surface area contributed by atoms with Crippen LogP contribution < -0.4 is 4.74 Å². The smallest absolute Gasteiger partial charge is 0.328 e. The van der Waals surface area contributed by atoms with Crippen molar-refractivity contribution in [2.24, 2.45) is 0 Å². The molecule has 1 aromatic rings. The average Bonchev–Trinajstić information content (AvgIpc) is 2.49. The largest absolute Gasteiger partial charge is 0.491 e. The molecule has 0 aliphatic rings. The van der Waals surface area contributed by atoms with Crippen LogP contribution in [0.15, 0.2) is 30.3 Å². The van der Waals surface area contributed by atoms with Gasteiger partial charge in [-0.1, -0.05) is 38.3 Å². The van der Waals surface area contributed by atoms with Crippen LogP contribution >= 0.6 is 0 Å². The summed E-state index contributed by atoms with van der Waals surface area (Å²) in [7, 11) is 0. The second-order valence-electron chi connectivity index (χ2n) is 4.76. The van der Waals surface area contributed by atoms with Crippen molar-refractivity contribution in [3.63, 3.8) is 0 Å². The molecule has 0 aromatic heterocycles. The molecular formula is C17H24O4. The fourth-order valence-electron chi connectivity index (χ4n) is 1.79. The van der Waals surface area contributed by atoms with E-state index in [4.69, 9.17) is 14.6 Å². The number of carboxylic acids is 1. The van der Waals surface area contributed by atoms with E-state index < -0.39 is 5.97 Å². The zero-order valence-electron chi connectivity index (χ0n) is 12.6. The topological polar surface area (TPSA) is 55.8 Å². The summed E-state index contributed by atoms with van der Waals surface area (Å²) in [5.41, 5.74) is 0.830. The number of aliphatic carboxylic acids is 1. The van der Waals surface area contributed by atoms with Crippen LogP contribution in [0.2, 0.25) is 0 Å². The van der Waals surface area contributed by atoms with Crippen LogP contribution in [0.25, 0.3) is 6.08 Å². The maximum atomic E-state index is 10.4. The molecule has 4 heteroatoms. The molecule has 0 heterocycles. The van der Waals surface area contributed by atoms with E-state index in [9.17, 15) is 4.79 Å². The quantitative estimate of drug-likeness (QED) is 0.498. The summed E-state index contributed by atoms with van der Waals surface area (Å²) in [6.07, 6.45) is 7.50. The molecule has 4 nitrogen and oxygen atoms in total. The summed E-state index contributed by atoms with van der Waals surface area (Å²) in [5.74, 6) is -0.191. The minimum atomic E-state index is -0.952. The first kappa shape index (κ1) is 17.2. The number of carboxylic acid groups (broad SMARTS) is 1. The van der Waals surface area contributed by atoms with E-state index in [1.807, 2.05) is 24.3 Å². The van der Waals surface area contributed by atoms with Crippen LogP contribution in [0.3, 0.4) is 0 Å². The average molecular weight is 292 g/mol. The second kappa shape index (κ2) is 10.9. The zero-order valence-corrected chi connectivity index (χ0v) is 12.6. The Balaban J connectivity index is 2.14. The highest BCUT2D eigenvalue weighted by molar-refractivity contribution is 5.85. The minimum Gasteiger partial charge on any atom is -0.491 e. The number of ether oxygens (including phenoxy) is 2. The number of unbranched alkanes of at least 4 members (excludes halogenated alkanes) is 3. The van der Waals surface area contributed by atoms with Crippen LogP contribution in [0.5, 0.6) is 5.75 Å². The molecule has 0 fully saturated rings. The van der Waals surface area contributed by atoms with Gasteiger partial charge in [-0.2, -0.15) is 0 Å². The summed E-state index contributed by atoms with van der Waals surface area (Å²) in [6, 6.07) is 7.28. The molecule has 0 aliphatic heterocycles. The van der Waals surface area contributed by atoms with Gasteiger partial charge in [0.2, 0.25) is 0 Å². The number of benzene rings is 1. The van der Waals surface area contributed by atoms with Gasteiger partial charge in [-0.3, -0.25) is 0 Å². The Bertz CT molecular complexity index is 423. The van der Waals surface area contributed by atoms with Crippen molar-refractivity contribution in [1.29, 1.82) is 0 Å². The number of hydrogen-bond donors (Lipinski definition) is 1. The van der Waals surface area contributed by atoms with Gasteiger partial charge in [0.1, 0.15) is 12.4 Å². The van der Waals surface area contributed by atoms with E-state index in [1.54, 1.807) is 6.08 Å². The van der Waals surface area contributed by atoms with Gasteiger partial charge in [0.15, 0.2) is 0 Å². The third-order valence-electron chi connectivity index (χ3n) is 2.94. The molecule has 21 heavy (non-hydrogen) atoms. The molecule has 1 N–H and O–H groups in total. The van der Waals surface area contributed by atoms with Gasteiger partial charge in [-0.05, 0) is 30.2 Å². The van der Waals surface area contributed by atoms with E-state index in [0.29, 0.717) is 13.2 Å². The fraction of sp³-hybridized carbons (Fsp3) is 0.471. The summed E-state index contributed by atoms with van der Waals surface area (Å²) < 4.78 is 11.0. The molecule has 0 saturated heterocycles. The van der Waals surface area contributed by atoms with Gasteiger partial charge in [-0.15, -0.1) is 0 Å². The summed E-state index contributed by atoms with van der Waals surface area (Å²) in [6.45, 7) is 4.10. The number of hydrogen-bond acceptors (Lipinski definition) is 3. The van der Waals surface area contributed by atoms with Crippen LogP contribution in [0, 0.1) is 0 Å². The summed E-state index contributed by atoms with van der Waals surface area (Å²) in [5, 5.41) is 8.54.